The first-order chi connectivity index (χ1) is 9.52. The average molecular weight is 279 g/mol. The number of hydrogen-bond donors (Lipinski definition) is 2. The van der Waals surface area contributed by atoms with Crippen molar-refractivity contribution in [2.24, 2.45) is 5.92 Å². The van der Waals surface area contributed by atoms with Crippen LogP contribution in [0, 0.1) is 5.92 Å². The van der Waals surface area contributed by atoms with Crippen molar-refractivity contribution >= 4 is 11.9 Å². The molecule has 20 heavy (non-hydrogen) atoms. The summed E-state index contributed by atoms with van der Waals surface area (Å²) in [5.41, 5.74) is 1.56. The summed E-state index contributed by atoms with van der Waals surface area (Å²) in [4.78, 5) is 22.5. The van der Waals surface area contributed by atoms with E-state index >= 15 is 0 Å². The fourth-order valence-corrected chi connectivity index (χ4v) is 1.99. The number of benzene rings is 1. The Kier molecular flexibility index (Phi) is 6.73. The van der Waals surface area contributed by atoms with Crippen molar-refractivity contribution in [1.29, 1.82) is 0 Å². The number of amides is 1. The van der Waals surface area contributed by atoms with Crippen LogP contribution in [0.5, 0.6) is 0 Å². The maximum Gasteiger partial charge on any atom is 0.307 e. The number of methoxy groups -OCH3 is 1. The number of aliphatic carboxylic acids is 1. The van der Waals surface area contributed by atoms with Gasteiger partial charge in [-0.15, -0.1) is 0 Å². The number of carbonyl (C=O) groups excluding carboxylic acids is 1. The third kappa shape index (κ3) is 5.84. The highest BCUT2D eigenvalue weighted by Gasteiger charge is 2.10. The average Bonchev–Trinajstić information content (AvgIpc) is 2.37. The highest BCUT2D eigenvalue weighted by molar-refractivity contribution is 5.76. The van der Waals surface area contributed by atoms with E-state index in [-0.39, 0.29) is 18.2 Å². The Morgan fingerprint density at radius 1 is 1.30 bits per heavy atom. The van der Waals surface area contributed by atoms with Gasteiger partial charge in [-0.1, -0.05) is 31.2 Å². The first kappa shape index (κ1) is 16.2. The lowest BCUT2D eigenvalue weighted by atomic mass is 10.0. The highest BCUT2D eigenvalue weighted by atomic mass is 16.5. The quantitative estimate of drug-likeness (QED) is 0.758. The second-order valence-corrected chi connectivity index (χ2v) is 4.88. The molecule has 1 unspecified atom stereocenters. The number of nitrogens with one attached hydrogen (secondary N) is 1. The minimum atomic E-state index is -0.877. The molecule has 0 aromatic heterocycles. The van der Waals surface area contributed by atoms with Crippen LogP contribution >= 0.6 is 0 Å². The molecule has 0 heterocycles. The van der Waals surface area contributed by atoms with Crippen LogP contribution in [0.2, 0.25) is 0 Å². The lowest BCUT2D eigenvalue weighted by Gasteiger charge is -2.12. The summed E-state index contributed by atoms with van der Waals surface area (Å²) in [6, 6.07) is 7.23. The molecule has 0 bridgehead atoms. The summed E-state index contributed by atoms with van der Waals surface area (Å²) < 4.78 is 4.98. The van der Waals surface area contributed by atoms with Crippen molar-refractivity contribution in [2.45, 2.75) is 26.3 Å². The summed E-state index contributed by atoms with van der Waals surface area (Å²) in [7, 11) is 1.61. The van der Waals surface area contributed by atoms with E-state index in [4.69, 9.17) is 9.84 Å². The monoisotopic (exact) mass is 279 g/mol. The van der Waals surface area contributed by atoms with Gasteiger partial charge in [-0.2, -0.15) is 0 Å². The van der Waals surface area contributed by atoms with Crippen LogP contribution in [0.15, 0.2) is 24.3 Å². The molecule has 2 N–H and O–H groups in total. The van der Waals surface area contributed by atoms with Gasteiger partial charge in [0.2, 0.25) is 5.91 Å². The fourth-order valence-electron chi connectivity index (χ4n) is 1.99. The van der Waals surface area contributed by atoms with Gasteiger partial charge in [0.25, 0.3) is 0 Å². The van der Waals surface area contributed by atoms with Crippen molar-refractivity contribution in [2.75, 3.05) is 13.7 Å². The number of carboxylic acids is 1. The second kappa shape index (κ2) is 8.32. The third-order valence-corrected chi connectivity index (χ3v) is 2.92. The Morgan fingerprint density at radius 2 is 1.95 bits per heavy atom. The van der Waals surface area contributed by atoms with Gasteiger partial charge in [-0.05, 0) is 17.0 Å². The van der Waals surface area contributed by atoms with Crippen molar-refractivity contribution in [1.82, 2.24) is 5.32 Å². The van der Waals surface area contributed by atoms with E-state index in [1.807, 2.05) is 19.1 Å². The molecule has 1 atom stereocenters. The van der Waals surface area contributed by atoms with E-state index in [0.717, 1.165) is 11.1 Å². The van der Waals surface area contributed by atoms with Crippen LogP contribution in [-0.4, -0.2) is 30.7 Å². The number of ether oxygens (including phenoxy) is 1. The van der Waals surface area contributed by atoms with Crippen LogP contribution in [0.1, 0.15) is 24.5 Å². The van der Waals surface area contributed by atoms with Crippen LogP contribution in [-0.2, 0) is 27.3 Å². The molecule has 0 aliphatic heterocycles. The highest BCUT2D eigenvalue weighted by Crippen LogP contribution is 2.10. The molecule has 0 radical (unpaired) electrons. The Labute approximate surface area is 118 Å². The number of carboxylic acid groups (broad SMARTS) is 1. The molecule has 0 saturated carbocycles. The summed E-state index contributed by atoms with van der Waals surface area (Å²) in [5, 5.41) is 11.7. The summed E-state index contributed by atoms with van der Waals surface area (Å²) in [5.74, 6) is -0.772. The number of carbonyl (C=O) groups is 2. The van der Waals surface area contributed by atoms with E-state index in [9.17, 15) is 9.59 Å². The van der Waals surface area contributed by atoms with Crippen molar-refractivity contribution in [3.8, 4) is 0 Å². The second-order valence-electron chi connectivity index (χ2n) is 4.88. The van der Waals surface area contributed by atoms with Crippen molar-refractivity contribution in [3.05, 3.63) is 35.4 Å². The first-order valence-electron chi connectivity index (χ1n) is 6.57. The molecule has 0 aliphatic carbocycles. The first-order valence-corrected chi connectivity index (χ1v) is 6.57. The van der Waals surface area contributed by atoms with Gasteiger partial charge >= 0.3 is 5.97 Å². The molecule has 0 saturated heterocycles. The zero-order valence-corrected chi connectivity index (χ0v) is 11.9. The SMILES string of the molecule is COCC(C)CC(=O)NCc1ccccc1CC(=O)O. The van der Waals surface area contributed by atoms with Gasteiger partial charge in [-0.3, -0.25) is 9.59 Å². The Hall–Kier alpha value is -1.88. The molecule has 0 aliphatic rings. The lowest BCUT2D eigenvalue weighted by molar-refractivity contribution is -0.136. The molecule has 0 spiro atoms. The van der Waals surface area contributed by atoms with E-state index in [0.29, 0.717) is 19.6 Å². The summed E-state index contributed by atoms with van der Waals surface area (Å²) in [6.07, 6.45) is 0.362. The van der Waals surface area contributed by atoms with Crippen LogP contribution in [0.25, 0.3) is 0 Å². The van der Waals surface area contributed by atoms with E-state index in [2.05, 4.69) is 5.32 Å². The topological polar surface area (TPSA) is 75.6 Å². The molecule has 1 amide bonds. The van der Waals surface area contributed by atoms with Crippen LogP contribution < -0.4 is 5.32 Å². The standard InChI is InChI=1S/C15H21NO4/c1-11(10-20-2)7-14(17)16-9-13-6-4-3-5-12(13)8-15(18)19/h3-6,11H,7-10H2,1-2H3,(H,16,17)(H,18,19). The molecule has 5 heteroatoms. The zero-order chi connectivity index (χ0) is 15.0. The van der Waals surface area contributed by atoms with Gasteiger partial charge in [0, 0.05) is 26.7 Å². The van der Waals surface area contributed by atoms with Crippen molar-refractivity contribution < 1.29 is 19.4 Å². The van der Waals surface area contributed by atoms with Gasteiger partial charge in [0.1, 0.15) is 0 Å². The summed E-state index contributed by atoms with van der Waals surface area (Å²) in [6.45, 7) is 2.84. The molecule has 5 nitrogen and oxygen atoms in total. The Balaban J connectivity index is 2.52. The number of hydrogen-bond acceptors (Lipinski definition) is 3. The van der Waals surface area contributed by atoms with Crippen LogP contribution in [0.3, 0.4) is 0 Å². The van der Waals surface area contributed by atoms with E-state index < -0.39 is 5.97 Å². The van der Waals surface area contributed by atoms with E-state index in [1.54, 1.807) is 19.2 Å². The molecule has 1 aromatic carbocycles. The Morgan fingerprint density at radius 3 is 2.55 bits per heavy atom. The molecular weight excluding hydrogens is 258 g/mol. The van der Waals surface area contributed by atoms with Gasteiger partial charge in [0.15, 0.2) is 0 Å². The maximum absolute atomic E-state index is 11.8. The van der Waals surface area contributed by atoms with E-state index in [1.165, 1.54) is 0 Å². The predicted molar refractivity (Wildman–Crippen MR) is 75.3 cm³/mol. The normalized spacial score (nSPS) is 11.9. The molecule has 1 aromatic rings. The molecule has 110 valence electrons. The third-order valence-electron chi connectivity index (χ3n) is 2.92. The Bertz CT molecular complexity index is 459. The fraction of sp³-hybridized carbons (Fsp3) is 0.467. The summed E-state index contributed by atoms with van der Waals surface area (Å²) >= 11 is 0. The molecule has 1 rings (SSSR count). The minimum Gasteiger partial charge on any atom is -0.481 e. The maximum atomic E-state index is 11.8. The largest absolute Gasteiger partial charge is 0.481 e. The predicted octanol–water partition coefficient (Wildman–Crippen LogP) is 1.60. The van der Waals surface area contributed by atoms with Crippen LogP contribution in [0.4, 0.5) is 0 Å². The molecular formula is C15H21NO4. The number of rotatable bonds is 8. The minimum absolute atomic E-state index is 0.0356. The smallest absolute Gasteiger partial charge is 0.307 e. The van der Waals surface area contributed by atoms with Gasteiger partial charge in [-0.25, -0.2) is 0 Å². The molecule has 0 fully saturated rings. The lowest BCUT2D eigenvalue weighted by Crippen LogP contribution is -2.26. The van der Waals surface area contributed by atoms with Gasteiger partial charge in [0.05, 0.1) is 6.42 Å². The van der Waals surface area contributed by atoms with Crippen molar-refractivity contribution in [3.63, 3.8) is 0 Å². The van der Waals surface area contributed by atoms with Gasteiger partial charge < -0.3 is 15.2 Å². The zero-order valence-electron chi connectivity index (χ0n) is 11.9.